The van der Waals surface area contributed by atoms with E-state index in [4.69, 9.17) is 0 Å². The Balaban J connectivity index is 1.92. The van der Waals surface area contributed by atoms with Crippen molar-refractivity contribution in [1.82, 2.24) is 5.32 Å². The Morgan fingerprint density at radius 2 is 2.10 bits per heavy atom. The van der Waals surface area contributed by atoms with E-state index in [1.807, 2.05) is 12.1 Å². The van der Waals surface area contributed by atoms with E-state index in [2.05, 4.69) is 50.5 Å². The molecule has 0 saturated heterocycles. The van der Waals surface area contributed by atoms with E-state index in [1.165, 1.54) is 11.3 Å². The number of nitrogens with one attached hydrogen (secondary N) is 2. The van der Waals surface area contributed by atoms with Crippen molar-refractivity contribution in [2.24, 2.45) is 17.3 Å². The van der Waals surface area contributed by atoms with Crippen molar-refractivity contribution in [3.05, 3.63) is 29.8 Å². The van der Waals surface area contributed by atoms with E-state index in [9.17, 15) is 4.79 Å². The molecule has 1 atom stereocenters. The number of para-hydroxylation sites is 1. The number of benzene rings is 1. The lowest BCUT2D eigenvalue weighted by atomic mass is 9.81. The molecule has 0 aromatic heterocycles. The Labute approximate surface area is 122 Å². The summed E-state index contributed by atoms with van der Waals surface area (Å²) in [7, 11) is 0. The highest BCUT2D eigenvalue weighted by Gasteiger charge is 2.27. The molecule has 0 radical (unpaired) electrons. The van der Waals surface area contributed by atoms with Gasteiger partial charge in [-0.25, -0.2) is 0 Å². The average Bonchev–Trinajstić information content (AvgIpc) is 2.44. The van der Waals surface area contributed by atoms with Crippen molar-refractivity contribution in [3.8, 4) is 0 Å². The minimum atomic E-state index is 0.0351. The molecule has 0 fully saturated rings. The van der Waals surface area contributed by atoms with E-state index in [-0.39, 0.29) is 17.2 Å². The van der Waals surface area contributed by atoms with Gasteiger partial charge in [-0.3, -0.25) is 4.79 Å². The van der Waals surface area contributed by atoms with Gasteiger partial charge in [0.2, 0.25) is 5.91 Å². The zero-order chi connectivity index (χ0) is 14.8. The zero-order valence-electron chi connectivity index (χ0n) is 13.0. The smallest absolute Gasteiger partial charge is 0.225 e. The van der Waals surface area contributed by atoms with Gasteiger partial charge in [0, 0.05) is 18.8 Å². The molecule has 1 aliphatic heterocycles. The van der Waals surface area contributed by atoms with Crippen molar-refractivity contribution >= 4 is 11.6 Å². The summed E-state index contributed by atoms with van der Waals surface area (Å²) in [6.07, 6.45) is 0.830. The Morgan fingerprint density at radius 3 is 2.80 bits per heavy atom. The summed E-state index contributed by atoms with van der Waals surface area (Å²) in [5.41, 5.74) is 2.54. The van der Waals surface area contributed by atoms with E-state index in [0.29, 0.717) is 5.92 Å². The molecule has 0 spiro atoms. The summed E-state index contributed by atoms with van der Waals surface area (Å²) in [6.45, 7) is 10.3. The fourth-order valence-corrected chi connectivity index (χ4v) is 2.29. The molecule has 1 amide bonds. The molecule has 20 heavy (non-hydrogen) atoms. The third kappa shape index (κ3) is 3.33. The van der Waals surface area contributed by atoms with Gasteiger partial charge in [-0.15, -0.1) is 0 Å². The molecule has 2 rings (SSSR count). The van der Waals surface area contributed by atoms with Crippen LogP contribution in [0, 0.1) is 17.3 Å². The highest BCUT2D eigenvalue weighted by molar-refractivity contribution is 5.80. The molecular formula is C17H26N2O. The first-order chi connectivity index (χ1) is 9.40. The van der Waals surface area contributed by atoms with Crippen LogP contribution >= 0.6 is 0 Å². The van der Waals surface area contributed by atoms with Gasteiger partial charge in [0.25, 0.3) is 0 Å². The molecule has 0 aliphatic carbocycles. The first-order valence-electron chi connectivity index (χ1n) is 7.49. The van der Waals surface area contributed by atoms with Crippen LogP contribution in [-0.2, 0) is 11.2 Å². The van der Waals surface area contributed by atoms with E-state index < -0.39 is 0 Å². The zero-order valence-corrected chi connectivity index (χ0v) is 13.0. The van der Waals surface area contributed by atoms with Crippen molar-refractivity contribution < 1.29 is 4.79 Å². The summed E-state index contributed by atoms with van der Waals surface area (Å²) < 4.78 is 0. The van der Waals surface area contributed by atoms with Gasteiger partial charge in [0.05, 0.1) is 5.92 Å². The van der Waals surface area contributed by atoms with Gasteiger partial charge in [0.15, 0.2) is 0 Å². The summed E-state index contributed by atoms with van der Waals surface area (Å²) in [5.74, 6) is 0.751. The maximum atomic E-state index is 12.3. The van der Waals surface area contributed by atoms with E-state index in [1.54, 1.807) is 0 Å². The predicted molar refractivity (Wildman–Crippen MR) is 83.8 cm³/mol. The van der Waals surface area contributed by atoms with Crippen molar-refractivity contribution in [3.63, 3.8) is 0 Å². The lowest BCUT2D eigenvalue weighted by Crippen LogP contribution is -2.43. The molecule has 1 heterocycles. The third-order valence-corrected chi connectivity index (χ3v) is 4.67. The van der Waals surface area contributed by atoms with E-state index in [0.717, 1.165) is 19.5 Å². The van der Waals surface area contributed by atoms with Crippen LogP contribution in [0.4, 0.5) is 5.69 Å². The maximum Gasteiger partial charge on any atom is 0.225 e. The second-order valence-electron chi connectivity index (χ2n) is 6.80. The molecule has 1 aliphatic rings. The van der Waals surface area contributed by atoms with Crippen LogP contribution in [0.2, 0.25) is 0 Å². The molecule has 1 aromatic carbocycles. The fraction of sp³-hybridized carbons (Fsp3) is 0.588. The summed E-state index contributed by atoms with van der Waals surface area (Å²) in [5, 5.41) is 6.48. The SMILES string of the molecule is CC(C)C(C)(C)CNC(=O)C1CNc2ccccc2C1. The van der Waals surface area contributed by atoms with Crippen molar-refractivity contribution in [2.75, 3.05) is 18.4 Å². The van der Waals surface area contributed by atoms with Crippen LogP contribution in [0.5, 0.6) is 0 Å². The molecule has 2 N–H and O–H groups in total. The van der Waals surface area contributed by atoms with Crippen molar-refractivity contribution in [1.29, 1.82) is 0 Å². The van der Waals surface area contributed by atoms with Gasteiger partial charge in [-0.05, 0) is 29.4 Å². The predicted octanol–water partition coefficient (Wildman–Crippen LogP) is 3.07. The Kier molecular flexibility index (Phi) is 4.36. The molecule has 0 saturated carbocycles. The number of hydrogen-bond acceptors (Lipinski definition) is 2. The van der Waals surface area contributed by atoms with Crippen LogP contribution < -0.4 is 10.6 Å². The van der Waals surface area contributed by atoms with Crippen LogP contribution in [0.3, 0.4) is 0 Å². The number of fused-ring (bicyclic) bond motifs is 1. The topological polar surface area (TPSA) is 41.1 Å². The third-order valence-electron chi connectivity index (χ3n) is 4.67. The van der Waals surface area contributed by atoms with Gasteiger partial charge in [-0.2, -0.15) is 0 Å². The average molecular weight is 274 g/mol. The molecule has 1 aromatic rings. The van der Waals surface area contributed by atoms with Crippen LogP contribution in [0.25, 0.3) is 0 Å². The van der Waals surface area contributed by atoms with Crippen LogP contribution in [0.15, 0.2) is 24.3 Å². The number of rotatable bonds is 4. The standard InChI is InChI=1S/C17H26N2O/c1-12(2)17(3,4)11-19-16(20)14-9-13-7-5-6-8-15(13)18-10-14/h5-8,12,14,18H,9-11H2,1-4H3,(H,19,20). The lowest BCUT2D eigenvalue weighted by molar-refractivity contribution is -0.125. The number of anilines is 1. The number of carbonyl (C=O) groups is 1. The first kappa shape index (κ1) is 14.9. The summed E-state index contributed by atoms with van der Waals surface area (Å²) >= 11 is 0. The Morgan fingerprint density at radius 1 is 1.40 bits per heavy atom. The van der Waals surface area contributed by atoms with Crippen LogP contribution in [-0.4, -0.2) is 19.0 Å². The van der Waals surface area contributed by atoms with Gasteiger partial charge in [0.1, 0.15) is 0 Å². The number of hydrogen-bond donors (Lipinski definition) is 2. The van der Waals surface area contributed by atoms with Gasteiger partial charge >= 0.3 is 0 Å². The largest absolute Gasteiger partial charge is 0.384 e. The monoisotopic (exact) mass is 274 g/mol. The second-order valence-corrected chi connectivity index (χ2v) is 6.80. The second kappa shape index (κ2) is 5.86. The highest BCUT2D eigenvalue weighted by atomic mass is 16.1. The van der Waals surface area contributed by atoms with E-state index >= 15 is 0 Å². The molecule has 1 unspecified atom stereocenters. The summed E-state index contributed by atoms with van der Waals surface area (Å²) in [4.78, 5) is 12.3. The highest BCUT2D eigenvalue weighted by Crippen LogP contribution is 2.26. The van der Waals surface area contributed by atoms with Crippen LogP contribution in [0.1, 0.15) is 33.3 Å². The number of amides is 1. The minimum absolute atomic E-state index is 0.0351. The fourth-order valence-electron chi connectivity index (χ4n) is 2.29. The first-order valence-corrected chi connectivity index (χ1v) is 7.49. The minimum Gasteiger partial charge on any atom is -0.384 e. The number of carbonyl (C=O) groups excluding carboxylic acids is 1. The van der Waals surface area contributed by atoms with Gasteiger partial charge in [-0.1, -0.05) is 45.9 Å². The van der Waals surface area contributed by atoms with Crippen molar-refractivity contribution in [2.45, 2.75) is 34.1 Å². The lowest BCUT2D eigenvalue weighted by Gasteiger charge is -2.31. The molecule has 3 heteroatoms. The normalized spacial score (nSPS) is 18.4. The quantitative estimate of drug-likeness (QED) is 0.886. The van der Waals surface area contributed by atoms with Gasteiger partial charge < -0.3 is 10.6 Å². The Hall–Kier alpha value is -1.51. The maximum absolute atomic E-state index is 12.3. The molecular weight excluding hydrogens is 248 g/mol. The summed E-state index contributed by atoms with van der Waals surface area (Å²) in [6, 6.07) is 8.23. The molecule has 0 bridgehead atoms. The molecule has 110 valence electrons. The Bertz CT molecular complexity index is 480. The molecule has 3 nitrogen and oxygen atoms in total.